The zero-order valence-corrected chi connectivity index (χ0v) is 27.1. The van der Waals surface area contributed by atoms with Gasteiger partial charge in [-0.1, -0.05) is 45.1 Å². The maximum Gasteiger partial charge on any atom is 0.250 e. The summed E-state index contributed by atoms with van der Waals surface area (Å²) in [6, 6.07) is 6.83. The maximum absolute atomic E-state index is 12.2. The molecule has 2 aliphatic rings. The summed E-state index contributed by atoms with van der Waals surface area (Å²) in [4.78, 5) is 31.7. The summed E-state index contributed by atoms with van der Waals surface area (Å²) in [6.07, 6.45) is 10.7. The average Bonchev–Trinajstić information content (AvgIpc) is 3.24. The van der Waals surface area contributed by atoms with E-state index >= 15 is 0 Å². The summed E-state index contributed by atoms with van der Waals surface area (Å²) in [5, 5.41) is 6.41. The Morgan fingerprint density at radius 1 is 1.07 bits per heavy atom. The Morgan fingerprint density at radius 2 is 1.84 bits per heavy atom. The molecule has 0 bridgehead atoms. The molecule has 228 valence electrons. The molecule has 2 aromatic heterocycles. The second-order valence-corrected chi connectivity index (χ2v) is 13.5. The first-order valence-electron chi connectivity index (χ1n) is 15.2. The van der Waals surface area contributed by atoms with Gasteiger partial charge < -0.3 is 25.0 Å². The zero-order valence-electron chi connectivity index (χ0n) is 27.1. The van der Waals surface area contributed by atoms with Gasteiger partial charge in [-0.2, -0.15) is 9.97 Å². The maximum atomic E-state index is 12.2. The average molecular weight is 583 g/mol. The van der Waals surface area contributed by atoms with Crippen LogP contribution in [-0.4, -0.2) is 62.5 Å². The number of allylic oxidation sites excluding steroid dienone is 3. The molecule has 9 nitrogen and oxygen atoms in total. The van der Waals surface area contributed by atoms with E-state index < -0.39 is 0 Å². The van der Waals surface area contributed by atoms with Crippen LogP contribution in [0.1, 0.15) is 72.1 Å². The monoisotopic (exact) mass is 582 g/mol. The molecule has 5 rings (SSSR count). The Balaban J connectivity index is 1.47. The number of likely N-dealkylation sites (N-methyl/N-ethyl adjacent to an activating group) is 1. The van der Waals surface area contributed by atoms with Crippen molar-refractivity contribution in [2.24, 2.45) is 0 Å². The van der Waals surface area contributed by atoms with E-state index in [4.69, 9.17) is 15.0 Å². The Kier molecular flexibility index (Phi) is 8.11. The third kappa shape index (κ3) is 6.17. The number of carbonyl (C=O) groups is 1. The second-order valence-electron chi connectivity index (χ2n) is 13.5. The van der Waals surface area contributed by atoms with Crippen LogP contribution >= 0.6 is 0 Å². The molecule has 1 aromatic carbocycles. The smallest absolute Gasteiger partial charge is 0.250 e. The summed E-state index contributed by atoms with van der Waals surface area (Å²) in [5.41, 5.74) is 6.71. The minimum atomic E-state index is -0.202. The minimum Gasteiger partial charge on any atom is -0.363 e. The Morgan fingerprint density at radius 3 is 2.51 bits per heavy atom. The minimum absolute atomic E-state index is 0.0310. The summed E-state index contributed by atoms with van der Waals surface area (Å²) in [5.74, 6) is 1.38. The number of piperazine rings is 1. The number of nitrogens with zero attached hydrogens (tertiary/aromatic N) is 6. The van der Waals surface area contributed by atoms with E-state index in [1.165, 1.54) is 5.56 Å². The van der Waals surface area contributed by atoms with Gasteiger partial charge in [0.2, 0.25) is 5.95 Å². The summed E-state index contributed by atoms with van der Waals surface area (Å²) in [6.45, 7) is 19.9. The molecule has 0 spiro atoms. The lowest BCUT2D eigenvalue weighted by molar-refractivity contribution is -0.116. The van der Waals surface area contributed by atoms with Crippen LogP contribution in [0.25, 0.3) is 11.2 Å². The van der Waals surface area contributed by atoms with Gasteiger partial charge in [0.15, 0.2) is 11.5 Å². The highest BCUT2D eigenvalue weighted by molar-refractivity contribution is 5.96. The molecule has 43 heavy (non-hydrogen) atoms. The second kappa shape index (κ2) is 11.5. The Hall–Kier alpha value is -4.14. The largest absolute Gasteiger partial charge is 0.363 e. The molecular weight excluding hydrogens is 536 g/mol. The van der Waals surface area contributed by atoms with Crippen LogP contribution in [0.5, 0.6) is 0 Å². The third-order valence-corrected chi connectivity index (χ3v) is 8.41. The molecule has 3 heterocycles. The van der Waals surface area contributed by atoms with Crippen molar-refractivity contribution in [2.45, 2.75) is 78.8 Å². The Labute approximate surface area is 255 Å². The SMILES string of the molecule is CNC(=O)C1=CCC=C(N2CCN(c3nc(Nc4cc(C(C)(C)C)ccc4C)c4c(ncn4C(C)C)n3)CC2(C)C)C=C1. The van der Waals surface area contributed by atoms with Gasteiger partial charge in [0.25, 0.3) is 5.91 Å². The lowest BCUT2D eigenvalue weighted by atomic mass is 9.86. The quantitative estimate of drug-likeness (QED) is 0.359. The van der Waals surface area contributed by atoms with Gasteiger partial charge in [0.05, 0.1) is 11.9 Å². The van der Waals surface area contributed by atoms with Crippen LogP contribution in [0.3, 0.4) is 0 Å². The van der Waals surface area contributed by atoms with E-state index in [2.05, 4.69) is 111 Å². The fraction of sp³-hybridized carbons (Fsp3) is 0.471. The summed E-state index contributed by atoms with van der Waals surface area (Å²) in [7, 11) is 1.66. The van der Waals surface area contributed by atoms with Crippen molar-refractivity contribution in [1.82, 2.24) is 29.7 Å². The molecule has 3 aromatic rings. The molecule has 1 fully saturated rings. The van der Waals surface area contributed by atoms with Crippen molar-refractivity contribution in [3.63, 3.8) is 0 Å². The van der Waals surface area contributed by atoms with E-state index in [9.17, 15) is 4.79 Å². The standard InChI is InChI=1S/C34H46N8O/c1-22(2)41-21-36-29-28(41)30(37-27-19-25(33(4,5)6)15-13-23(27)3)39-32(38-29)40-17-18-42(34(7,8)20-40)26-12-10-11-24(14-16-26)31(43)35-9/h11-16,19,21-22H,10,17-18,20H2,1-9H3,(H,35,43)(H,37,38,39). The van der Waals surface area contributed by atoms with Crippen LogP contribution < -0.4 is 15.5 Å². The predicted octanol–water partition coefficient (Wildman–Crippen LogP) is 6.17. The molecular formula is C34H46N8O. The number of nitrogens with one attached hydrogen (secondary N) is 2. The van der Waals surface area contributed by atoms with Gasteiger partial charge in [-0.05, 0) is 75.8 Å². The number of benzene rings is 1. The van der Waals surface area contributed by atoms with Crippen LogP contribution in [0.15, 0.2) is 60.1 Å². The highest BCUT2D eigenvalue weighted by atomic mass is 16.1. The molecule has 0 unspecified atom stereocenters. The van der Waals surface area contributed by atoms with Gasteiger partial charge in [-0.3, -0.25) is 4.79 Å². The summed E-state index contributed by atoms with van der Waals surface area (Å²) >= 11 is 0. The third-order valence-electron chi connectivity index (χ3n) is 8.41. The van der Waals surface area contributed by atoms with Gasteiger partial charge in [-0.15, -0.1) is 0 Å². The molecule has 0 saturated carbocycles. The molecule has 1 aliphatic heterocycles. The molecule has 0 radical (unpaired) electrons. The van der Waals surface area contributed by atoms with Gasteiger partial charge in [-0.25, -0.2) is 4.98 Å². The van der Waals surface area contributed by atoms with Gasteiger partial charge in [0, 0.05) is 49.7 Å². The van der Waals surface area contributed by atoms with Crippen LogP contribution in [-0.2, 0) is 10.2 Å². The molecule has 1 saturated heterocycles. The summed E-state index contributed by atoms with van der Waals surface area (Å²) < 4.78 is 2.14. The van der Waals surface area contributed by atoms with Crippen molar-refractivity contribution >= 4 is 34.5 Å². The molecule has 1 amide bonds. The van der Waals surface area contributed by atoms with Crippen LogP contribution in [0.2, 0.25) is 0 Å². The highest BCUT2D eigenvalue weighted by Crippen LogP contribution is 2.34. The van der Waals surface area contributed by atoms with E-state index in [1.807, 2.05) is 18.5 Å². The number of fused-ring (bicyclic) bond motifs is 1. The number of imidazole rings is 1. The van der Waals surface area contributed by atoms with E-state index in [1.54, 1.807) is 7.05 Å². The first-order valence-corrected chi connectivity index (χ1v) is 15.2. The highest BCUT2D eigenvalue weighted by Gasteiger charge is 2.36. The van der Waals surface area contributed by atoms with E-state index in [0.717, 1.165) is 47.9 Å². The fourth-order valence-corrected chi connectivity index (χ4v) is 5.84. The number of hydrogen-bond donors (Lipinski definition) is 2. The first kappa shape index (κ1) is 30.3. The van der Waals surface area contributed by atoms with Gasteiger partial charge in [0.1, 0.15) is 5.52 Å². The van der Waals surface area contributed by atoms with Crippen LogP contribution in [0, 0.1) is 6.92 Å². The fourth-order valence-electron chi connectivity index (χ4n) is 5.84. The topological polar surface area (TPSA) is 91.2 Å². The molecule has 9 heteroatoms. The van der Waals surface area contributed by atoms with Crippen molar-refractivity contribution in [3.05, 3.63) is 71.2 Å². The molecule has 0 atom stereocenters. The first-order chi connectivity index (χ1) is 20.3. The van der Waals surface area contributed by atoms with Crippen molar-refractivity contribution in [3.8, 4) is 0 Å². The number of carbonyl (C=O) groups excluding carboxylic acids is 1. The lowest BCUT2D eigenvalue weighted by Gasteiger charge is -2.49. The number of anilines is 3. The van der Waals surface area contributed by atoms with Crippen LogP contribution in [0.4, 0.5) is 17.5 Å². The number of amides is 1. The van der Waals surface area contributed by atoms with Gasteiger partial charge >= 0.3 is 0 Å². The van der Waals surface area contributed by atoms with Crippen molar-refractivity contribution < 1.29 is 4.79 Å². The van der Waals surface area contributed by atoms with Crippen molar-refractivity contribution in [1.29, 1.82) is 0 Å². The lowest BCUT2D eigenvalue weighted by Crippen LogP contribution is -2.59. The normalized spacial score (nSPS) is 17.2. The number of rotatable bonds is 6. The molecule has 1 aliphatic carbocycles. The van der Waals surface area contributed by atoms with E-state index in [0.29, 0.717) is 23.6 Å². The van der Waals surface area contributed by atoms with Crippen molar-refractivity contribution in [2.75, 3.05) is 36.9 Å². The number of aryl methyl sites for hydroxylation is 1. The Bertz CT molecular complexity index is 1620. The molecule has 2 N–H and O–H groups in total. The predicted molar refractivity (Wildman–Crippen MR) is 176 cm³/mol. The number of aromatic nitrogens is 4. The zero-order chi connectivity index (χ0) is 31.1. The number of hydrogen-bond acceptors (Lipinski definition) is 7. The van der Waals surface area contributed by atoms with E-state index in [-0.39, 0.29) is 22.9 Å².